The molecule has 2 N–H and O–H groups in total. The molecule has 2 rings (SSSR count). The van der Waals surface area contributed by atoms with Gasteiger partial charge in [0.05, 0.1) is 12.6 Å². The van der Waals surface area contributed by atoms with Crippen molar-refractivity contribution in [3.63, 3.8) is 0 Å². The van der Waals surface area contributed by atoms with Crippen molar-refractivity contribution in [2.45, 2.75) is 19.4 Å². The average molecular weight is 264 g/mol. The number of nitrogens with one attached hydrogen (secondary N) is 1. The van der Waals surface area contributed by atoms with Crippen LogP contribution in [-0.4, -0.2) is 55.4 Å². The Morgan fingerprint density at radius 1 is 1.26 bits per heavy atom. The molecule has 1 aromatic carbocycles. The normalized spacial score (nSPS) is 18.2. The number of piperazine rings is 1. The van der Waals surface area contributed by atoms with Crippen LogP contribution in [0, 0.1) is 0 Å². The maximum absolute atomic E-state index is 9.50. The van der Waals surface area contributed by atoms with Gasteiger partial charge in [0.25, 0.3) is 0 Å². The summed E-state index contributed by atoms with van der Waals surface area (Å²) in [6, 6.07) is 8.28. The van der Waals surface area contributed by atoms with Gasteiger partial charge in [0.2, 0.25) is 0 Å². The van der Waals surface area contributed by atoms with Crippen LogP contribution in [0.15, 0.2) is 24.3 Å². The molecule has 0 radical (unpaired) electrons. The zero-order valence-electron chi connectivity index (χ0n) is 11.6. The van der Waals surface area contributed by atoms with Gasteiger partial charge in [-0.25, -0.2) is 0 Å². The van der Waals surface area contributed by atoms with Crippen molar-refractivity contribution in [3.05, 3.63) is 29.8 Å². The van der Waals surface area contributed by atoms with Crippen LogP contribution in [0.1, 0.15) is 12.5 Å². The number of benzene rings is 1. The maximum Gasteiger partial charge on any atom is 0.119 e. The summed E-state index contributed by atoms with van der Waals surface area (Å²) in [7, 11) is 0. The Kier molecular flexibility index (Phi) is 5.63. The van der Waals surface area contributed by atoms with Crippen LogP contribution in [0.5, 0.6) is 5.75 Å². The molecule has 0 bridgehead atoms. The lowest BCUT2D eigenvalue weighted by Crippen LogP contribution is -2.51. The first kappa shape index (κ1) is 14.3. The quantitative estimate of drug-likeness (QED) is 0.801. The second-order valence-corrected chi connectivity index (χ2v) is 4.93. The zero-order chi connectivity index (χ0) is 13.5. The summed E-state index contributed by atoms with van der Waals surface area (Å²) in [6.07, 6.45) is 1.04. The average Bonchev–Trinajstić information content (AvgIpc) is 2.49. The van der Waals surface area contributed by atoms with Gasteiger partial charge in [0, 0.05) is 26.2 Å². The molecule has 1 aliphatic heterocycles. The molecule has 1 aliphatic rings. The maximum atomic E-state index is 9.50. The van der Waals surface area contributed by atoms with Gasteiger partial charge in [-0.1, -0.05) is 19.1 Å². The number of hydrogen-bond acceptors (Lipinski definition) is 4. The molecule has 1 fully saturated rings. The first-order chi connectivity index (χ1) is 9.33. The van der Waals surface area contributed by atoms with Crippen LogP contribution < -0.4 is 10.1 Å². The molecule has 1 atom stereocenters. The Bertz CT molecular complexity index is 361. The van der Waals surface area contributed by atoms with Crippen molar-refractivity contribution in [3.8, 4) is 5.75 Å². The fraction of sp³-hybridized carbons (Fsp3) is 0.600. The van der Waals surface area contributed by atoms with E-state index >= 15 is 0 Å². The minimum atomic E-state index is 0.0907. The molecule has 0 aromatic heterocycles. The SMILES string of the molecule is CCc1ccc(OCC(CO)N2CCNCC2)cc1. The monoisotopic (exact) mass is 264 g/mol. The number of aryl methyl sites for hydroxylation is 1. The third kappa shape index (κ3) is 4.20. The Labute approximate surface area is 115 Å². The molecule has 1 unspecified atom stereocenters. The second kappa shape index (κ2) is 7.48. The van der Waals surface area contributed by atoms with Crippen LogP contribution in [0.4, 0.5) is 0 Å². The third-order valence-corrected chi connectivity index (χ3v) is 3.65. The van der Waals surface area contributed by atoms with Crippen LogP contribution in [-0.2, 0) is 6.42 Å². The van der Waals surface area contributed by atoms with Gasteiger partial charge in [-0.3, -0.25) is 4.90 Å². The van der Waals surface area contributed by atoms with E-state index in [1.54, 1.807) is 0 Å². The fourth-order valence-electron chi connectivity index (χ4n) is 2.33. The van der Waals surface area contributed by atoms with Crippen molar-refractivity contribution in [1.29, 1.82) is 0 Å². The largest absolute Gasteiger partial charge is 0.492 e. The zero-order valence-corrected chi connectivity index (χ0v) is 11.6. The highest BCUT2D eigenvalue weighted by Crippen LogP contribution is 2.13. The van der Waals surface area contributed by atoms with Crippen molar-refractivity contribution in [2.24, 2.45) is 0 Å². The molecule has 0 saturated carbocycles. The standard InChI is InChI=1S/C15H24N2O2/c1-2-13-3-5-15(6-4-13)19-12-14(11-18)17-9-7-16-8-10-17/h3-6,14,16,18H,2,7-12H2,1H3. The van der Waals surface area contributed by atoms with Crippen LogP contribution >= 0.6 is 0 Å². The lowest BCUT2D eigenvalue weighted by Gasteiger charge is -2.33. The van der Waals surface area contributed by atoms with Gasteiger partial charge >= 0.3 is 0 Å². The van der Waals surface area contributed by atoms with Gasteiger partial charge in [-0.2, -0.15) is 0 Å². The van der Waals surface area contributed by atoms with Gasteiger partial charge in [-0.05, 0) is 24.1 Å². The van der Waals surface area contributed by atoms with Crippen LogP contribution in [0.2, 0.25) is 0 Å². The van der Waals surface area contributed by atoms with E-state index < -0.39 is 0 Å². The molecule has 1 saturated heterocycles. The molecule has 0 aliphatic carbocycles. The van der Waals surface area contributed by atoms with E-state index in [0.29, 0.717) is 6.61 Å². The molecule has 19 heavy (non-hydrogen) atoms. The topological polar surface area (TPSA) is 44.7 Å². The lowest BCUT2D eigenvalue weighted by atomic mass is 10.2. The predicted molar refractivity (Wildman–Crippen MR) is 76.6 cm³/mol. The molecular weight excluding hydrogens is 240 g/mol. The van der Waals surface area contributed by atoms with Crippen molar-refractivity contribution in [1.82, 2.24) is 10.2 Å². The van der Waals surface area contributed by atoms with Gasteiger partial charge in [0.1, 0.15) is 12.4 Å². The van der Waals surface area contributed by atoms with E-state index in [1.807, 2.05) is 12.1 Å². The molecular formula is C15H24N2O2. The van der Waals surface area contributed by atoms with Crippen molar-refractivity contribution < 1.29 is 9.84 Å². The van der Waals surface area contributed by atoms with Crippen molar-refractivity contribution in [2.75, 3.05) is 39.4 Å². The number of hydrogen-bond donors (Lipinski definition) is 2. The molecule has 106 valence electrons. The molecule has 1 heterocycles. The number of rotatable bonds is 6. The summed E-state index contributed by atoms with van der Waals surface area (Å²) in [4.78, 5) is 2.29. The third-order valence-electron chi connectivity index (χ3n) is 3.65. The Balaban J connectivity index is 1.84. The minimum Gasteiger partial charge on any atom is -0.492 e. The van der Waals surface area contributed by atoms with Crippen LogP contribution in [0.3, 0.4) is 0 Å². The number of nitrogens with zero attached hydrogens (tertiary/aromatic N) is 1. The summed E-state index contributed by atoms with van der Waals surface area (Å²) in [5, 5.41) is 12.8. The fourth-order valence-corrected chi connectivity index (χ4v) is 2.33. The first-order valence-corrected chi connectivity index (χ1v) is 7.11. The van der Waals surface area contributed by atoms with E-state index in [2.05, 4.69) is 29.3 Å². The van der Waals surface area contributed by atoms with Gasteiger partial charge in [-0.15, -0.1) is 0 Å². The highest BCUT2D eigenvalue weighted by Gasteiger charge is 2.20. The van der Waals surface area contributed by atoms with Gasteiger partial charge in [0.15, 0.2) is 0 Å². The number of ether oxygens (including phenoxy) is 1. The second-order valence-electron chi connectivity index (χ2n) is 4.93. The van der Waals surface area contributed by atoms with E-state index in [-0.39, 0.29) is 12.6 Å². The molecule has 4 heteroatoms. The summed E-state index contributed by atoms with van der Waals surface area (Å²) in [6.45, 7) is 6.76. The minimum absolute atomic E-state index is 0.0907. The summed E-state index contributed by atoms with van der Waals surface area (Å²) < 4.78 is 5.79. The Hall–Kier alpha value is -1.10. The van der Waals surface area contributed by atoms with E-state index in [1.165, 1.54) is 5.56 Å². The Morgan fingerprint density at radius 2 is 1.95 bits per heavy atom. The molecule has 0 spiro atoms. The smallest absolute Gasteiger partial charge is 0.119 e. The number of aliphatic hydroxyl groups is 1. The number of aliphatic hydroxyl groups excluding tert-OH is 1. The first-order valence-electron chi connectivity index (χ1n) is 7.11. The summed E-state index contributed by atoms with van der Waals surface area (Å²) in [5.74, 6) is 0.880. The van der Waals surface area contributed by atoms with E-state index in [4.69, 9.17) is 4.74 Å². The summed E-state index contributed by atoms with van der Waals surface area (Å²) in [5.41, 5.74) is 1.31. The molecule has 0 amide bonds. The summed E-state index contributed by atoms with van der Waals surface area (Å²) >= 11 is 0. The van der Waals surface area contributed by atoms with Crippen molar-refractivity contribution >= 4 is 0 Å². The highest BCUT2D eigenvalue weighted by atomic mass is 16.5. The molecule has 1 aromatic rings. The lowest BCUT2D eigenvalue weighted by molar-refractivity contribution is 0.0735. The van der Waals surface area contributed by atoms with E-state index in [0.717, 1.165) is 38.3 Å². The predicted octanol–water partition coefficient (Wildman–Crippen LogP) is 0.894. The van der Waals surface area contributed by atoms with Gasteiger partial charge < -0.3 is 15.2 Å². The Morgan fingerprint density at radius 3 is 2.53 bits per heavy atom. The van der Waals surface area contributed by atoms with Crippen LogP contribution in [0.25, 0.3) is 0 Å². The highest BCUT2D eigenvalue weighted by molar-refractivity contribution is 5.27. The molecule has 4 nitrogen and oxygen atoms in total. The van der Waals surface area contributed by atoms with E-state index in [9.17, 15) is 5.11 Å².